The number of pyridine rings is 1. The van der Waals surface area contributed by atoms with E-state index < -0.39 is 0 Å². The maximum absolute atomic E-state index is 10.9. The Morgan fingerprint density at radius 3 is 2.61 bits per heavy atom. The molecule has 0 bridgehead atoms. The normalized spacial score (nSPS) is 11.3. The number of nitro groups is 1. The van der Waals surface area contributed by atoms with Gasteiger partial charge in [0.05, 0.1) is 16.2 Å². The van der Waals surface area contributed by atoms with E-state index in [0.29, 0.717) is 5.56 Å². The summed E-state index contributed by atoms with van der Waals surface area (Å²) in [6.07, 6.45) is 3.48. The molecule has 4 heteroatoms. The number of rotatable bonds is 3. The van der Waals surface area contributed by atoms with Crippen LogP contribution in [0, 0.1) is 10.1 Å². The maximum atomic E-state index is 10.9. The summed E-state index contributed by atoms with van der Waals surface area (Å²) in [6.45, 7) is 1.89. The lowest BCUT2D eigenvalue weighted by Gasteiger charge is -2.01. The first-order valence-electron chi connectivity index (χ1n) is 5.51. The van der Waals surface area contributed by atoms with Crippen LogP contribution < -0.4 is 0 Å². The minimum atomic E-state index is -0.377. The van der Waals surface area contributed by atoms with Crippen molar-refractivity contribution in [3.8, 4) is 0 Å². The summed E-state index contributed by atoms with van der Waals surface area (Å²) in [5.74, 6) is 0. The minimum Gasteiger partial charge on any atom is -0.258 e. The average Bonchev–Trinajstić information content (AvgIpc) is 2.40. The second-order valence-electron chi connectivity index (χ2n) is 3.86. The van der Waals surface area contributed by atoms with E-state index >= 15 is 0 Å². The Morgan fingerprint density at radius 1 is 1.22 bits per heavy atom. The van der Waals surface area contributed by atoms with Crippen LogP contribution in [0.2, 0.25) is 0 Å². The van der Waals surface area contributed by atoms with E-state index in [0.717, 1.165) is 11.3 Å². The summed E-state index contributed by atoms with van der Waals surface area (Å²) in [7, 11) is 0. The Morgan fingerprint density at radius 2 is 1.94 bits per heavy atom. The van der Waals surface area contributed by atoms with Crippen molar-refractivity contribution >= 4 is 17.3 Å². The molecule has 1 aromatic heterocycles. The van der Waals surface area contributed by atoms with Crippen molar-refractivity contribution in [3.05, 3.63) is 70.0 Å². The molecule has 0 radical (unpaired) electrons. The van der Waals surface area contributed by atoms with Crippen molar-refractivity contribution in [1.82, 2.24) is 4.98 Å². The standard InChI is InChI=1S/C14H12N2O2/c1-11(13-7-4-5-9-15-13)10-12-6-2-3-8-14(12)16(17)18/h2-10H,1H3. The van der Waals surface area contributed by atoms with E-state index in [4.69, 9.17) is 0 Å². The van der Waals surface area contributed by atoms with Gasteiger partial charge in [-0.2, -0.15) is 0 Å². The van der Waals surface area contributed by atoms with Gasteiger partial charge in [-0.1, -0.05) is 18.2 Å². The molecule has 18 heavy (non-hydrogen) atoms. The molecule has 0 aliphatic heterocycles. The van der Waals surface area contributed by atoms with Crippen LogP contribution in [-0.4, -0.2) is 9.91 Å². The summed E-state index contributed by atoms with van der Waals surface area (Å²) in [4.78, 5) is 14.7. The zero-order valence-electron chi connectivity index (χ0n) is 9.91. The van der Waals surface area contributed by atoms with Gasteiger partial charge in [-0.3, -0.25) is 15.1 Å². The second-order valence-corrected chi connectivity index (χ2v) is 3.86. The SMILES string of the molecule is CC(=Cc1ccccc1[N+](=O)[O-])c1ccccn1. The lowest BCUT2D eigenvalue weighted by atomic mass is 10.1. The van der Waals surface area contributed by atoms with Crippen LogP contribution in [0.3, 0.4) is 0 Å². The first-order valence-corrected chi connectivity index (χ1v) is 5.51. The predicted molar refractivity (Wildman–Crippen MR) is 70.9 cm³/mol. The summed E-state index contributed by atoms with van der Waals surface area (Å²) < 4.78 is 0. The van der Waals surface area contributed by atoms with Gasteiger partial charge in [0.2, 0.25) is 0 Å². The average molecular weight is 240 g/mol. The van der Waals surface area contributed by atoms with E-state index in [1.165, 1.54) is 6.07 Å². The molecule has 1 aromatic carbocycles. The van der Waals surface area contributed by atoms with Gasteiger partial charge in [0.25, 0.3) is 5.69 Å². The van der Waals surface area contributed by atoms with Crippen LogP contribution in [-0.2, 0) is 0 Å². The molecule has 0 fully saturated rings. The van der Waals surface area contributed by atoms with Crippen LogP contribution in [0.25, 0.3) is 11.6 Å². The monoisotopic (exact) mass is 240 g/mol. The Bertz CT molecular complexity index is 592. The van der Waals surface area contributed by atoms with E-state index in [9.17, 15) is 10.1 Å². The van der Waals surface area contributed by atoms with Gasteiger partial charge in [-0.15, -0.1) is 0 Å². The number of aromatic nitrogens is 1. The van der Waals surface area contributed by atoms with Gasteiger partial charge in [-0.05, 0) is 36.8 Å². The molecule has 0 amide bonds. The Hall–Kier alpha value is -2.49. The predicted octanol–water partition coefficient (Wildman–Crippen LogP) is 3.55. The molecular formula is C14H12N2O2. The van der Waals surface area contributed by atoms with Crippen LogP contribution >= 0.6 is 0 Å². The van der Waals surface area contributed by atoms with Gasteiger partial charge < -0.3 is 0 Å². The van der Waals surface area contributed by atoms with Crippen LogP contribution in [0.1, 0.15) is 18.2 Å². The third kappa shape index (κ3) is 2.60. The van der Waals surface area contributed by atoms with Crippen LogP contribution in [0.15, 0.2) is 48.7 Å². The van der Waals surface area contributed by atoms with Gasteiger partial charge in [0, 0.05) is 12.3 Å². The van der Waals surface area contributed by atoms with E-state index in [-0.39, 0.29) is 10.6 Å². The fourth-order valence-electron chi connectivity index (χ4n) is 1.68. The topological polar surface area (TPSA) is 56.0 Å². The molecular weight excluding hydrogens is 228 g/mol. The largest absolute Gasteiger partial charge is 0.276 e. The summed E-state index contributed by atoms with van der Waals surface area (Å²) in [5, 5.41) is 10.9. The number of nitro benzene ring substituents is 1. The molecule has 0 spiro atoms. The molecule has 1 heterocycles. The number of hydrogen-bond donors (Lipinski definition) is 0. The van der Waals surface area contributed by atoms with Crippen LogP contribution in [0.5, 0.6) is 0 Å². The van der Waals surface area contributed by atoms with Crippen LogP contribution in [0.4, 0.5) is 5.69 Å². The van der Waals surface area contributed by atoms with Crippen molar-refractivity contribution in [3.63, 3.8) is 0 Å². The highest BCUT2D eigenvalue weighted by molar-refractivity contribution is 5.81. The number of benzene rings is 1. The molecule has 2 rings (SSSR count). The molecule has 4 nitrogen and oxygen atoms in total. The summed E-state index contributed by atoms with van der Waals surface area (Å²) in [5.41, 5.74) is 2.40. The zero-order chi connectivity index (χ0) is 13.0. The third-order valence-electron chi connectivity index (χ3n) is 2.57. The zero-order valence-corrected chi connectivity index (χ0v) is 9.91. The first-order chi connectivity index (χ1) is 8.68. The Labute approximate surface area is 105 Å². The van der Waals surface area contributed by atoms with Gasteiger partial charge >= 0.3 is 0 Å². The van der Waals surface area contributed by atoms with Crippen molar-refractivity contribution < 1.29 is 4.92 Å². The maximum Gasteiger partial charge on any atom is 0.276 e. The molecule has 2 aromatic rings. The number of para-hydroxylation sites is 1. The van der Waals surface area contributed by atoms with Gasteiger partial charge in [-0.25, -0.2) is 0 Å². The van der Waals surface area contributed by atoms with E-state index in [2.05, 4.69) is 4.98 Å². The Balaban J connectivity index is 2.42. The first kappa shape index (κ1) is 12.0. The number of allylic oxidation sites excluding steroid dienone is 1. The van der Waals surface area contributed by atoms with Crippen molar-refractivity contribution in [2.75, 3.05) is 0 Å². The third-order valence-corrected chi connectivity index (χ3v) is 2.57. The highest BCUT2D eigenvalue weighted by Gasteiger charge is 2.10. The molecule has 0 saturated carbocycles. The lowest BCUT2D eigenvalue weighted by Crippen LogP contribution is -1.91. The van der Waals surface area contributed by atoms with Crippen molar-refractivity contribution in [1.29, 1.82) is 0 Å². The molecule has 90 valence electrons. The highest BCUT2D eigenvalue weighted by Crippen LogP contribution is 2.23. The smallest absolute Gasteiger partial charge is 0.258 e. The van der Waals surface area contributed by atoms with E-state index in [1.807, 2.05) is 25.1 Å². The molecule has 0 atom stereocenters. The second kappa shape index (κ2) is 5.23. The fraction of sp³-hybridized carbons (Fsp3) is 0.0714. The minimum absolute atomic E-state index is 0.104. The molecule has 0 aliphatic rings. The molecule has 0 aliphatic carbocycles. The summed E-state index contributed by atoms with van der Waals surface area (Å²) in [6, 6.07) is 12.3. The molecule has 0 saturated heterocycles. The quantitative estimate of drug-likeness (QED) is 0.609. The molecule has 0 N–H and O–H groups in total. The van der Waals surface area contributed by atoms with Crippen molar-refractivity contribution in [2.45, 2.75) is 6.92 Å². The lowest BCUT2D eigenvalue weighted by molar-refractivity contribution is -0.385. The number of nitrogens with zero attached hydrogens (tertiary/aromatic N) is 2. The summed E-state index contributed by atoms with van der Waals surface area (Å²) >= 11 is 0. The van der Waals surface area contributed by atoms with Gasteiger partial charge in [0.15, 0.2) is 0 Å². The highest BCUT2D eigenvalue weighted by atomic mass is 16.6. The Kier molecular flexibility index (Phi) is 3.48. The van der Waals surface area contributed by atoms with Crippen molar-refractivity contribution in [2.24, 2.45) is 0 Å². The molecule has 0 unspecified atom stereocenters. The fourth-order valence-corrected chi connectivity index (χ4v) is 1.68. The number of hydrogen-bond acceptors (Lipinski definition) is 3. The van der Waals surface area contributed by atoms with Gasteiger partial charge in [0.1, 0.15) is 0 Å². The van der Waals surface area contributed by atoms with E-state index in [1.54, 1.807) is 30.5 Å².